The molecular weight excluding hydrogens is 416 g/mol. The Morgan fingerprint density at radius 2 is 1.82 bits per heavy atom. The molecule has 1 atom stereocenters. The number of amides is 1. The minimum Gasteiger partial charge on any atom is -0.481 e. The number of aliphatic carboxylic acids is 1. The molecule has 1 aliphatic rings. The number of carboxylic acids is 1. The molecule has 0 spiro atoms. The normalized spacial score (nSPS) is 14.4. The average Bonchev–Trinajstić information content (AvgIpc) is 3.18. The number of hydrogen-bond acceptors (Lipinski definition) is 4. The predicted octanol–water partition coefficient (Wildman–Crippen LogP) is 5.76. The second-order valence-electron chi connectivity index (χ2n) is 8.75. The van der Waals surface area contributed by atoms with E-state index >= 15 is 0 Å². The summed E-state index contributed by atoms with van der Waals surface area (Å²) in [6.07, 6.45) is 3.52. The molecule has 1 heterocycles. The monoisotopic (exact) mass is 446 g/mol. The van der Waals surface area contributed by atoms with Crippen LogP contribution in [-0.4, -0.2) is 35.5 Å². The molecule has 1 fully saturated rings. The van der Waals surface area contributed by atoms with Gasteiger partial charge in [-0.3, -0.25) is 9.59 Å². The number of furan rings is 1. The van der Waals surface area contributed by atoms with Gasteiger partial charge in [0.25, 0.3) is 5.91 Å². The third-order valence-corrected chi connectivity index (χ3v) is 6.43. The van der Waals surface area contributed by atoms with Crippen LogP contribution in [0.25, 0.3) is 11.3 Å². The SMILES string of the molecule is Cc1oc(-c2ccccc2)cc1C(Nc1ccc(C(=O)N(C)CCC(=O)O)cc1)C1CCC1. The van der Waals surface area contributed by atoms with Gasteiger partial charge < -0.3 is 19.7 Å². The van der Waals surface area contributed by atoms with Gasteiger partial charge in [0.15, 0.2) is 0 Å². The van der Waals surface area contributed by atoms with E-state index in [0.29, 0.717) is 11.5 Å². The van der Waals surface area contributed by atoms with Crippen molar-refractivity contribution in [3.05, 3.63) is 77.6 Å². The maximum Gasteiger partial charge on any atom is 0.305 e. The van der Waals surface area contributed by atoms with E-state index in [-0.39, 0.29) is 24.9 Å². The number of aryl methyl sites for hydroxylation is 1. The van der Waals surface area contributed by atoms with Gasteiger partial charge in [-0.2, -0.15) is 0 Å². The van der Waals surface area contributed by atoms with Crippen molar-refractivity contribution in [1.82, 2.24) is 4.90 Å². The third kappa shape index (κ3) is 5.28. The summed E-state index contributed by atoms with van der Waals surface area (Å²) in [6, 6.07) is 19.8. The van der Waals surface area contributed by atoms with E-state index in [0.717, 1.165) is 22.8 Å². The molecule has 2 aromatic carbocycles. The van der Waals surface area contributed by atoms with Gasteiger partial charge >= 0.3 is 5.97 Å². The summed E-state index contributed by atoms with van der Waals surface area (Å²) in [4.78, 5) is 24.8. The molecule has 3 aromatic rings. The number of nitrogens with one attached hydrogen (secondary N) is 1. The maximum absolute atomic E-state index is 12.6. The molecule has 1 saturated carbocycles. The molecule has 0 saturated heterocycles. The van der Waals surface area contributed by atoms with Crippen molar-refractivity contribution in [3.8, 4) is 11.3 Å². The van der Waals surface area contributed by atoms with E-state index in [4.69, 9.17) is 9.52 Å². The lowest BCUT2D eigenvalue weighted by Crippen LogP contribution is -2.29. The highest BCUT2D eigenvalue weighted by molar-refractivity contribution is 5.94. The van der Waals surface area contributed by atoms with Gasteiger partial charge in [0.2, 0.25) is 0 Å². The van der Waals surface area contributed by atoms with Gasteiger partial charge in [0, 0.05) is 36.0 Å². The van der Waals surface area contributed by atoms with Crippen LogP contribution in [0.15, 0.2) is 65.1 Å². The predicted molar refractivity (Wildman–Crippen MR) is 128 cm³/mol. The Morgan fingerprint density at radius 1 is 1.12 bits per heavy atom. The Labute approximate surface area is 194 Å². The van der Waals surface area contributed by atoms with E-state index in [1.807, 2.05) is 37.3 Å². The van der Waals surface area contributed by atoms with Crippen LogP contribution in [0.1, 0.15) is 53.4 Å². The van der Waals surface area contributed by atoms with E-state index in [9.17, 15) is 9.59 Å². The van der Waals surface area contributed by atoms with Gasteiger partial charge in [0.1, 0.15) is 11.5 Å². The molecule has 0 aliphatic heterocycles. The van der Waals surface area contributed by atoms with E-state index in [1.165, 1.54) is 29.7 Å². The molecule has 6 heteroatoms. The lowest BCUT2D eigenvalue weighted by atomic mass is 9.77. The van der Waals surface area contributed by atoms with Gasteiger partial charge in [-0.05, 0) is 56.0 Å². The Balaban J connectivity index is 1.50. The van der Waals surface area contributed by atoms with E-state index < -0.39 is 5.97 Å². The standard InChI is InChI=1S/C27H30N2O4/c1-18-23(17-24(33-18)19-7-4-3-5-8-19)26(20-9-6-10-20)28-22-13-11-21(12-14-22)27(32)29(2)16-15-25(30)31/h3-5,7-8,11-14,17,20,26,28H,6,9-10,15-16H2,1-2H3,(H,30,31). The summed E-state index contributed by atoms with van der Waals surface area (Å²) < 4.78 is 6.12. The number of benzene rings is 2. The van der Waals surface area contributed by atoms with Crippen LogP contribution < -0.4 is 5.32 Å². The minimum absolute atomic E-state index is 0.0695. The zero-order valence-electron chi connectivity index (χ0n) is 19.1. The second-order valence-corrected chi connectivity index (χ2v) is 8.75. The van der Waals surface area contributed by atoms with E-state index in [1.54, 1.807) is 19.2 Å². The summed E-state index contributed by atoms with van der Waals surface area (Å²) in [5.74, 6) is 1.23. The number of carbonyl (C=O) groups is 2. The number of carboxylic acid groups (broad SMARTS) is 1. The summed E-state index contributed by atoms with van der Waals surface area (Å²) in [5.41, 5.74) is 3.72. The average molecular weight is 447 g/mol. The molecule has 0 radical (unpaired) electrons. The number of nitrogens with zero attached hydrogens (tertiary/aromatic N) is 1. The van der Waals surface area contributed by atoms with Crippen LogP contribution in [0.4, 0.5) is 5.69 Å². The lowest BCUT2D eigenvalue weighted by Gasteiger charge is -2.35. The molecule has 2 N–H and O–H groups in total. The molecule has 1 unspecified atom stereocenters. The number of hydrogen-bond donors (Lipinski definition) is 2. The molecule has 33 heavy (non-hydrogen) atoms. The molecule has 4 rings (SSSR count). The molecule has 1 aromatic heterocycles. The van der Waals surface area contributed by atoms with Crippen molar-refractivity contribution in [2.24, 2.45) is 5.92 Å². The zero-order chi connectivity index (χ0) is 23.4. The van der Waals surface area contributed by atoms with Crippen molar-refractivity contribution in [1.29, 1.82) is 0 Å². The highest BCUT2D eigenvalue weighted by Crippen LogP contribution is 2.42. The summed E-state index contributed by atoms with van der Waals surface area (Å²) >= 11 is 0. The van der Waals surface area contributed by atoms with Crippen LogP contribution in [0.5, 0.6) is 0 Å². The number of rotatable bonds is 9. The molecular formula is C27H30N2O4. The number of anilines is 1. The second kappa shape index (κ2) is 9.94. The highest BCUT2D eigenvalue weighted by Gasteiger charge is 2.31. The molecule has 1 aliphatic carbocycles. The Hall–Kier alpha value is -3.54. The lowest BCUT2D eigenvalue weighted by molar-refractivity contribution is -0.137. The Morgan fingerprint density at radius 3 is 2.42 bits per heavy atom. The molecule has 0 bridgehead atoms. The fourth-order valence-corrected chi connectivity index (χ4v) is 4.25. The quantitative estimate of drug-likeness (QED) is 0.437. The van der Waals surface area contributed by atoms with Crippen LogP contribution >= 0.6 is 0 Å². The molecule has 1 amide bonds. The zero-order valence-corrected chi connectivity index (χ0v) is 19.1. The Bertz CT molecular complexity index is 1100. The first-order valence-electron chi connectivity index (χ1n) is 11.4. The summed E-state index contributed by atoms with van der Waals surface area (Å²) in [7, 11) is 1.62. The first-order chi connectivity index (χ1) is 15.9. The van der Waals surface area contributed by atoms with Gasteiger partial charge in [-0.15, -0.1) is 0 Å². The van der Waals surface area contributed by atoms with E-state index in [2.05, 4.69) is 23.5 Å². The van der Waals surface area contributed by atoms with Crippen LogP contribution in [0.3, 0.4) is 0 Å². The molecule has 172 valence electrons. The van der Waals surface area contributed by atoms with Crippen molar-refractivity contribution < 1.29 is 19.1 Å². The third-order valence-electron chi connectivity index (χ3n) is 6.43. The first kappa shape index (κ1) is 22.6. The maximum atomic E-state index is 12.6. The van der Waals surface area contributed by atoms with Crippen molar-refractivity contribution >= 4 is 17.6 Å². The topological polar surface area (TPSA) is 82.8 Å². The van der Waals surface area contributed by atoms with Gasteiger partial charge in [-0.1, -0.05) is 36.8 Å². The highest BCUT2D eigenvalue weighted by atomic mass is 16.4. The van der Waals surface area contributed by atoms with Gasteiger partial charge in [0.05, 0.1) is 12.5 Å². The smallest absolute Gasteiger partial charge is 0.305 e. The minimum atomic E-state index is -0.916. The van der Waals surface area contributed by atoms with Crippen LogP contribution in [-0.2, 0) is 4.79 Å². The largest absolute Gasteiger partial charge is 0.481 e. The van der Waals surface area contributed by atoms with Crippen LogP contribution in [0.2, 0.25) is 0 Å². The fourth-order valence-electron chi connectivity index (χ4n) is 4.25. The first-order valence-corrected chi connectivity index (χ1v) is 11.4. The molecule has 6 nitrogen and oxygen atoms in total. The summed E-state index contributed by atoms with van der Waals surface area (Å²) in [6.45, 7) is 2.20. The van der Waals surface area contributed by atoms with Crippen molar-refractivity contribution in [2.75, 3.05) is 18.9 Å². The van der Waals surface area contributed by atoms with Crippen LogP contribution in [0, 0.1) is 12.8 Å². The number of carbonyl (C=O) groups excluding carboxylic acids is 1. The Kier molecular flexibility index (Phi) is 6.82. The van der Waals surface area contributed by atoms with Crippen molar-refractivity contribution in [2.45, 2.75) is 38.6 Å². The van der Waals surface area contributed by atoms with Crippen molar-refractivity contribution in [3.63, 3.8) is 0 Å². The fraction of sp³-hybridized carbons (Fsp3) is 0.333. The summed E-state index contributed by atoms with van der Waals surface area (Å²) in [5, 5.41) is 12.5. The van der Waals surface area contributed by atoms with Gasteiger partial charge in [-0.25, -0.2) is 0 Å².